The number of nitrogens with one attached hydrogen (secondary N) is 1. The second-order valence-corrected chi connectivity index (χ2v) is 9.96. The Morgan fingerprint density at radius 3 is 2.41 bits per heavy atom. The van der Waals surface area contributed by atoms with Crippen molar-refractivity contribution in [2.75, 3.05) is 34.5 Å². The van der Waals surface area contributed by atoms with Gasteiger partial charge in [0.25, 0.3) is 0 Å². The number of esters is 1. The van der Waals surface area contributed by atoms with Crippen LogP contribution in [0.15, 0.2) is 65.0 Å². The van der Waals surface area contributed by atoms with Crippen LogP contribution in [0, 0.1) is 0 Å². The molecule has 1 heterocycles. The van der Waals surface area contributed by atoms with Gasteiger partial charge in [0.05, 0.1) is 38.4 Å². The number of dihydropyridines is 1. The number of carbonyl (C=O) groups excluding carboxylic acids is 2. The number of allylic oxidation sites excluding steroid dienone is 3. The van der Waals surface area contributed by atoms with Crippen LogP contribution >= 0.6 is 0 Å². The molecular weight excluding hydrogens is 498 g/mol. The number of ether oxygens (including phenoxy) is 5. The zero-order valence-electron chi connectivity index (χ0n) is 23.5. The molecule has 0 saturated heterocycles. The van der Waals surface area contributed by atoms with Gasteiger partial charge < -0.3 is 29.0 Å². The zero-order valence-corrected chi connectivity index (χ0v) is 23.5. The highest BCUT2D eigenvalue weighted by Gasteiger charge is 2.42. The van der Waals surface area contributed by atoms with E-state index < -0.39 is 11.9 Å². The van der Waals surface area contributed by atoms with Crippen molar-refractivity contribution in [2.45, 2.75) is 51.6 Å². The summed E-state index contributed by atoms with van der Waals surface area (Å²) in [6.45, 7) is 6.14. The minimum Gasteiger partial charge on any atom is -0.493 e. The van der Waals surface area contributed by atoms with E-state index in [0.29, 0.717) is 46.9 Å². The quantitative estimate of drug-likeness (QED) is 0.334. The van der Waals surface area contributed by atoms with Gasteiger partial charge in [-0.05, 0) is 56.9 Å². The molecule has 39 heavy (non-hydrogen) atoms. The number of ketones is 1. The molecule has 0 spiro atoms. The van der Waals surface area contributed by atoms with Gasteiger partial charge in [-0.15, -0.1) is 0 Å². The maximum absolute atomic E-state index is 14.0. The number of para-hydroxylation sites is 1. The second kappa shape index (κ2) is 12.4. The molecule has 0 bridgehead atoms. The molecule has 0 amide bonds. The van der Waals surface area contributed by atoms with Crippen molar-refractivity contribution in [3.05, 3.63) is 76.1 Å². The molecule has 2 aliphatic rings. The lowest BCUT2D eigenvalue weighted by Gasteiger charge is -2.37. The molecule has 8 heteroatoms. The zero-order chi connectivity index (χ0) is 28.1. The van der Waals surface area contributed by atoms with Crippen molar-refractivity contribution in [3.8, 4) is 17.2 Å². The second-order valence-electron chi connectivity index (χ2n) is 9.96. The Morgan fingerprint density at radius 2 is 1.72 bits per heavy atom. The molecule has 208 valence electrons. The minimum absolute atomic E-state index is 0.0254. The van der Waals surface area contributed by atoms with E-state index in [4.69, 9.17) is 23.7 Å². The van der Waals surface area contributed by atoms with Crippen LogP contribution in [-0.4, -0.2) is 52.4 Å². The summed E-state index contributed by atoms with van der Waals surface area (Å²) >= 11 is 0. The van der Waals surface area contributed by atoms with Crippen molar-refractivity contribution in [1.82, 2.24) is 5.32 Å². The molecule has 0 unspecified atom stereocenters. The van der Waals surface area contributed by atoms with Crippen LogP contribution in [0.1, 0.15) is 56.6 Å². The standard InChI is InChI=1S/C31H37NO7/c1-18(2)39-25-10-8-7-9-22(25)29-28(31(34)38-14-13-35-4)19(3)32-23-15-21(16-24(33)30(23)29)20-11-12-26(36-5)27(17-20)37-6/h7-12,17-18,21,29,32H,13-16H2,1-6H3/t21-,29-/m0/s1. The van der Waals surface area contributed by atoms with Crippen molar-refractivity contribution in [2.24, 2.45) is 0 Å². The lowest BCUT2D eigenvalue weighted by atomic mass is 9.71. The van der Waals surface area contributed by atoms with Crippen molar-refractivity contribution in [3.63, 3.8) is 0 Å². The third-order valence-corrected chi connectivity index (χ3v) is 7.04. The number of rotatable bonds is 10. The van der Waals surface area contributed by atoms with Crippen LogP contribution in [-0.2, 0) is 19.1 Å². The molecule has 0 aromatic heterocycles. The number of methoxy groups -OCH3 is 3. The Morgan fingerprint density at radius 1 is 0.974 bits per heavy atom. The van der Waals surface area contributed by atoms with Gasteiger partial charge >= 0.3 is 5.97 Å². The first kappa shape index (κ1) is 28.2. The highest BCUT2D eigenvalue weighted by molar-refractivity contribution is 6.04. The molecule has 2 aromatic carbocycles. The maximum atomic E-state index is 14.0. The van der Waals surface area contributed by atoms with Crippen LogP contribution < -0.4 is 19.5 Å². The normalized spacial score (nSPS) is 19.0. The molecule has 0 fully saturated rings. The van der Waals surface area contributed by atoms with Gasteiger partial charge in [0.2, 0.25) is 0 Å². The highest BCUT2D eigenvalue weighted by Crippen LogP contribution is 2.48. The third-order valence-electron chi connectivity index (χ3n) is 7.04. The van der Waals surface area contributed by atoms with Gasteiger partial charge in [0.1, 0.15) is 12.4 Å². The Balaban J connectivity index is 1.79. The third kappa shape index (κ3) is 5.96. The lowest BCUT2D eigenvalue weighted by Crippen LogP contribution is -2.36. The summed E-state index contributed by atoms with van der Waals surface area (Å²) < 4.78 is 27.6. The molecule has 1 aliphatic carbocycles. The molecule has 8 nitrogen and oxygen atoms in total. The van der Waals surface area contributed by atoms with Crippen LogP contribution in [0.25, 0.3) is 0 Å². The molecule has 2 atom stereocenters. The molecule has 2 aromatic rings. The van der Waals surface area contributed by atoms with Gasteiger partial charge in [-0.1, -0.05) is 24.3 Å². The Bertz CT molecular complexity index is 1290. The van der Waals surface area contributed by atoms with E-state index in [-0.39, 0.29) is 31.0 Å². The van der Waals surface area contributed by atoms with Crippen molar-refractivity contribution in [1.29, 1.82) is 0 Å². The van der Waals surface area contributed by atoms with Crippen LogP contribution in [0.2, 0.25) is 0 Å². The van der Waals surface area contributed by atoms with E-state index in [1.807, 2.05) is 63.2 Å². The first-order valence-electron chi connectivity index (χ1n) is 13.2. The first-order valence-corrected chi connectivity index (χ1v) is 13.2. The Labute approximate surface area is 229 Å². The van der Waals surface area contributed by atoms with Crippen LogP contribution in [0.3, 0.4) is 0 Å². The van der Waals surface area contributed by atoms with E-state index in [9.17, 15) is 9.59 Å². The van der Waals surface area contributed by atoms with Gasteiger partial charge in [0, 0.05) is 36.1 Å². The summed E-state index contributed by atoms with van der Waals surface area (Å²) in [5, 5.41) is 3.39. The van der Waals surface area contributed by atoms with Gasteiger partial charge in [-0.25, -0.2) is 4.79 Å². The lowest BCUT2D eigenvalue weighted by molar-refractivity contribution is -0.140. The summed E-state index contributed by atoms with van der Waals surface area (Å²) in [5.41, 5.74) is 4.19. The summed E-state index contributed by atoms with van der Waals surface area (Å²) in [6.07, 6.45) is 0.814. The topological polar surface area (TPSA) is 92.3 Å². The van der Waals surface area contributed by atoms with Gasteiger partial charge in [-0.3, -0.25) is 4.79 Å². The van der Waals surface area contributed by atoms with Gasteiger partial charge in [-0.2, -0.15) is 0 Å². The number of carbonyl (C=O) groups is 2. The number of benzene rings is 2. The fourth-order valence-corrected chi connectivity index (χ4v) is 5.34. The van der Waals surface area contributed by atoms with E-state index in [1.54, 1.807) is 21.3 Å². The molecular formula is C31H37NO7. The largest absolute Gasteiger partial charge is 0.493 e. The predicted octanol–water partition coefficient (Wildman–Crippen LogP) is 5.04. The molecule has 0 saturated carbocycles. The van der Waals surface area contributed by atoms with Crippen LogP contribution in [0.4, 0.5) is 0 Å². The summed E-state index contributed by atoms with van der Waals surface area (Å²) in [6, 6.07) is 13.3. The molecule has 4 rings (SSSR count). The molecule has 1 N–H and O–H groups in total. The molecule has 1 aliphatic heterocycles. The first-order chi connectivity index (χ1) is 18.8. The van der Waals surface area contributed by atoms with E-state index in [2.05, 4.69) is 5.32 Å². The summed E-state index contributed by atoms with van der Waals surface area (Å²) in [4.78, 5) is 27.4. The number of hydrogen-bond acceptors (Lipinski definition) is 8. The summed E-state index contributed by atoms with van der Waals surface area (Å²) in [5.74, 6) is 0.700. The van der Waals surface area contributed by atoms with E-state index in [0.717, 1.165) is 16.8 Å². The van der Waals surface area contributed by atoms with Crippen molar-refractivity contribution < 1.29 is 33.3 Å². The van der Waals surface area contributed by atoms with Gasteiger partial charge in [0.15, 0.2) is 17.3 Å². The maximum Gasteiger partial charge on any atom is 0.336 e. The number of Topliss-reactive ketones (excluding diaryl/α,β-unsaturated/α-hetero) is 1. The SMILES string of the molecule is COCCOC(=O)C1=C(C)NC2=C(C(=O)C[C@@H](c3ccc(OC)c(OC)c3)C2)[C@H]1c1ccccc1OC(C)C. The van der Waals surface area contributed by atoms with E-state index >= 15 is 0 Å². The van der Waals surface area contributed by atoms with Crippen molar-refractivity contribution >= 4 is 11.8 Å². The average molecular weight is 536 g/mol. The smallest absolute Gasteiger partial charge is 0.336 e. The minimum atomic E-state index is -0.620. The monoisotopic (exact) mass is 535 g/mol. The highest BCUT2D eigenvalue weighted by atomic mass is 16.6. The predicted molar refractivity (Wildman–Crippen MR) is 147 cm³/mol. The fraction of sp³-hybridized carbons (Fsp3) is 0.419. The Hall–Kier alpha value is -3.78. The Kier molecular flexibility index (Phi) is 8.97. The van der Waals surface area contributed by atoms with Crippen LogP contribution in [0.5, 0.6) is 17.2 Å². The molecule has 0 radical (unpaired) electrons. The average Bonchev–Trinajstić information content (AvgIpc) is 2.91. The van der Waals surface area contributed by atoms with E-state index in [1.165, 1.54) is 0 Å². The summed E-state index contributed by atoms with van der Waals surface area (Å²) in [7, 11) is 4.74. The fourth-order valence-electron chi connectivity index (χ4n) is 5.34. The number of hydrogen-bond donors (Lipinski definition) is 1.